The minimum atomic E-state index is -0.868. The van der Waals surface area contributed by atoms with Gasteiger partial charge in [-0.15, -0.1) is 0 Å². The molecule has 0 heterocycles. The smallest absolute Gasteiger partial charge is 0.323 e. The molecular formula is C46H46N4O2. The minimum absolute atomic E-state index is 0.0605. The average Bonchev–Trinajstić information content (AvgIpc) is 3.20. The van der Waals surface area contributed by atoms with Gasteiger partial charge in [-0.3, -0.25) is 15.2 Å². The number of hydrogen-bond donors (Lipinski definition) is 3. The summed E-state index contributed by atoms with van der Waals surface area (Å²) in [6.45, 7) is 4.81. The molecule has 52 heavy (non-hydrogen) atoms. The van der Waals surface area contributed by atoms with Crippen molar-refractivity contribution in [1.29, 1.82) is 5.41 Å². The van der Waals surface area contributed by atoms with Crippen LogP contribution in [0.3, 0.4) is 0 Å². The largest absolute Gasteiger partial charge is 0.460 e. The predicted molar refractivity (Wildman–Crippen MR) is 211 cm³/mol. The zero-order valence-electron chi connectivity index (χ0n) is 30.0. The lowest BCUT2D eigenvalue weighted by Gasteiger charge is -2.46. The fourth-order valence-electron chi connectivity index (χ4n) is 6.87. The van der Waals surface area contributed by atoms with E-state index in [0.29, 0.717) is 12.4 Å². The molecule has 6 rings (SSSR count). The third-order valence-electron chi connectivity index (χ3n) is 9.48. The van der Waals surface area contributed by atoms with Crippen LogP contribution in [0.4, 0.5) is 0 Å². The van der Waals surface area contributed by atoms with Gasteiger partial charge < -0.3 is 10.1 Å². The summed E-state index contributed by atoms with van der Waals surface area (Å²) in [7, 11) is 1.88. The molecule has 6 aromatic rings. The van der Waals surface area contributed by atoms with Gasteiger partial charge in [-0.25, -0.2) is 5.43 Å². The van der Waals surface area contributed by atoms with Crippen molar-refractivity contribution < 1.29 is 9.53 Å². The van der Waals surface area contributed by atoms with Crippen molar-refractivity contribution in [3.05, 3.63) is 203 Å². The van der Waals surface area contributed by atoms with Crippen molar-refractivity contribution in [3.63, 3.8) is 0 Å². The van der Waals surface area contributed by atoms with Crippen LogP contribution in [0.15, 0.2) is 170 Å². The van der Waals surface area contributed by atoms with Gasteiger partial charge in [0.2, 0.25) is 0 Å². The number of rotatable bonds is 14. The molecule has 0 spiro atoms. The lowest BCUT2D eigenvalue weighted by Crippen LogP contribution is -2.56. The van der Waals surface area contributed by atoms with Crippen LogP contribution in [-0.4, -0.2) is 29.9 Å². The summed E-state index contributed by atoms with van der Waals surface area (Å²) in [6.07, 6.45) is 0. The van der Waals surface area contributed by atoms with Gasteiger partial charge in [0.1, 0.15) is 24.0 Å². The van der Waals surface area contributed by atoms with Crippen molar-refractivity contribution in [2.75, 3.05) is 7.05 Å². The monoisotopic (exact) mass is 686 g/mol. The summed E-state index contributed by atoms with van der Waals surface area (Å²) in [5, 5.41) is 15.3. The lowest BCUT2D eigenvalue weighted by molar-refractivity contribution is -0.148. The average molecular weight is 687 g/mol. The van der Waals surface area contributed by atoms with Crippen LogP contribution in [0.2, 0.25) is 0 Å². The van der Waals surface area contributed by atoms with Crippen molar-refractivity contribution in [2.24, 2.45) is 5.92 Å². The summed E-state index contributed by atoms with van der Waals surface area (Å²) < 4.78 is 5.66. The van der Waals surface area contributed by atoms with E-state index >= 15 is 0 Å². The Balaban J connectivity index is 1.29. The summed E-state index contributed by atoms with van der Waals surface area (Å²) in [4.78, 5) is 13.0. The van der Waals surface area contributed by atoms with E-state index < -0.39 is 11.6 Å². The van der Waals surface area contributed by atoms with Crippen molar-refractivity contribution in [1.82, 2.24) is 15.8 Å². The first kappa shape index (κ1) is 36.0. The highest BCUT2D eigenvalue weighted by molar-refractivity contribution is 6.03. The molecule has 0 aliphatic rings. The van der Waals surface area contributed by atoms with Gasteiger partial charge in [-0.1, -0.05) is 184 Å². The van der Waals surface area contributed by atoms with Gasteiger partial charge in [-0.05, 0) is 44.9 Å². The zero-order chi connectivity index (χ0) is 36.3. The Morgan fingerprint density at radius 1 is 0.654 bits per heavy atom. The second-order valence-electron chi connectivity index (χ2n) is 13.2. The van der Waals surface area contributed by atoms with E-state index in [0.717, 1.165) is 44.5 Å². The molecule has 0 fully saturated rings. The lowest BCUT2D eigenvalue weighted by atomic mass is 9.76. The third-order valence-corrected chi connectivity index (χ3v) is 9.48. The van der Waals surface area contributed by atoms with Crippen molar-refractivity contribution >= 4 is 11.8 Å². The number of ether oxygens (including phenoxy) is 1. The molecular weight excluding hydrogens is 641 g/mol. The fraction of sp³-hybridized carbons (Fsp3) is 0.174. The van der Waals surface area contributed by atoms with Crippen molar-refractivity contribution in [3.8, 4) is 11.1 Å². The number of carbonyl (C=O) groups excluding carboxylic acids is 1. The van der Waals surface area contributed by atoms with E-state index in [-0.39, 0.29) is 18.5 Å². The number of carbonyl (C=O) groups is 1. The summed E-state index contributed by atoms with van der Waals surface area (Å²) in [5.41, 5.74) is 10.4. The molecule has 0 unspecified atom stereocenters. The van der Waals surface area contributed by atoms with Crippen LogP contribution in [0.1, 0.15) is 47.2 Å². The predicted octanol–water partition coefficient (Wildman–Crippen LogP) is 8.97. The van der Waals surface area contributed by atoms with Crippen LogP contribution in [0, 0.1) is 11.3 Å². The molecule has 0 saturated heterocycles. The molecule has 6 aromatic carbocycles. The number of hydrogen-bond acceptors (Lipinski definition) is 5. The Morgan fingerprint density at radius 3 is 1.63 bits per heavy atom. The molecule has 1 atom stereocenters. The van der Waals surface area contributed by atoms with E-state index in [1.165, 1.54) is 0 Å². The number of nitrogens with zero attached hydrogens (tertiary/aromatic N) is 1. The number of benzene rings is 6. The normalized spacial score (nSPS) is 11.9. The summed E-state index contributed by atoms with van der Waals surface area (Å²) in [6, 6.07) is 56.8. The Kier molecular flexibility index (Phi) is 11.7. The first-order chi connectivity index (χ1) is 25.4. The van der Waals surface area contributed by atoms with Gasteiger partial charge in [0.15, 0.2) is 0 Å². The van der Waals surface area contributed by atoms with Gasteiger partial charge in [0.05, 0.1) is 0 Å². The Bertz CT molecular complexity index is 1940. The maximum atomic E-state index is 13.0. The van der Waals surface area contributed by atoms with Gasteiger partial charge in [0.25, 0.3) is 0 Å². The van der Waals surface area contributed by atoms with Crippen LogP contribution < -0.4 is 10.7 Å². The standard InChI is InChI=1S/C46H46N4O2/c1-34(2)43(45(51)52-33-36-18-8-4-9-19-36)49-32-35-28-30-37(31-29-35)41-26-16-17-27-42(41)44(47)50(48-3)46(38-20-10-5-11-21-38,39-22-12-6-13-23-39)40-24-14-7-15-25-40/h4-31,34,43,47-49H,32-33H2,1-3H3/t43-/m0/s1. The van der Waals surface area contributed by atoms with Crippen LogP contribution in [0.25, 0.3) is 11.1 Å². The number of nitrogens with one attached hydrogen (secondary N) is 3. The van der Waals surface area contributed by atoms with Gasteiger partial charge >= 0.3 is 5.97 Å². The molecule has 6 heteroatoms. The van der Waals surface area contributed by atoms with E-state index in [4.69, 9.17) is 4.74 Å². The fourth-order valence-corrected chi connectivity index (χ4v) is 6.87. The number of amidine groups is 1. The molecule has 6 nitrogen and oxygen atoms in total. The summed E-state index contributed by atoms with van der Waals surface area (Å²) >= 11 is 0. The highest BCUT2D eigenvalue weighted by Gasteiger charge is 2.44. The molecule has 3 N–H and O–H groups in total. The minimum Gasteiger partial charge on any atom is -0.460 e. The van der Waals surface area contributed by atoms with Gasteiger partial charge in [0, 0.05) is 19.2 Å². The van der Waals surface area contributed by atoms with E-state index in [1.807, 2.05) is 92.6 Å². The first-order valence-electron chi connectivity index (χ1n) is 17.8. The van der Waals surface area contributed by atoms with E-state index in [9.17, 15) is 10.2 Å². The Labute approximate surface area is 307 Å². The van der Waals surface area contributed by atoms with Gasteiger partial charge in [-0.2, -0.15) is 0 Å². The van der Waals surface area contributed by atoms with E-state index in [1.54, 1.807) is 0 Å². The molecule has 0 aliphatic heterocycles. The van der Waals surface area contributed by atoms with Crippen LogP contribution >= 0.6 is 0 Å². The highest BCUT2D eigenvalue weighted by Crippen LogP contribution is 2.42. The quantitative estimate of drug-likeness (QED) is 0.0351. The second-order valence-corrected chi connectivity index (χ2v) is 13.2. The van der Waals surface area contributed by atoms with Crippen LogP contribution in [-0.2, 0) is 28.2 Å². The topological polar surface area (TPSA) is 77.5 Å². The molecule has 262 valence electrons. The molecule has 0 amide bonds. The Morgan fingerprint density at radius 2 is 1.13 bits per heavy atom. The summed E-state index contributed by atoms with van der Waals surface area (Å²) in [5.74, 6) is 0.133. The first-order valence-corrected chi connectivity index (χ1v) is 17.8. The third kappa shape index (κ3) is 7.74. The number of esters is 1. The van der Waals surface area contributed by atoms with E-state index in [2.05, 4.69) is 114 Å². The molecule has 0 radical (unpaired) electrons. The second kappa shape index (κ2) is 16.9. The Hall–Kier alpha value is -5.82. The van der Waals surface area contributed by atoms with Crippen molar-refractivity contribution in [2.45, 2.75) is 38.6 Å². The zero-order valence-corrected chi connectivity index (χ0v) is 30.0. The molecule has 0 aliphatic carbocycles. The van der Waals surface area contributed by atoms with Crippen LogP contribution in [0.5, 0.6) is 0 Å². The molecule has 0 aromatic heterocycles. The SMILES string of the molecule is CNN(C(=N)c1ccccc1-c1ccc(CN[C@H](C(=O)OCc2ccccc2)C(C)C)cc1)C(c1ccccc1)(c1ccccc1)c1ccccc1. The molecule has 0 bridgehead atoms. The maximum Gasteiger partial charge on any atom is 0.323 e. The highest BCUT2D eigenvalue weighted by atomic mass is 16.5. The number of hydrazine groups is 1. The maximum absolute atomic E-state index is 13.0. The molecule has 0 saturated carbocycles.